The fourth-order valence-corrected chi connectivity index (χ4v) is 2.24. The summed E-state index contributed by atoms with van der Waals surface area (Å²) in [6, 6.07) is 12.4. The number of hydrogen-bond donors (Lipinski definition) is 2. The lowest BCUT2D eigenvalue weighted by molar-refractivity contribution is 0.432. The molecule has 100 valence electrons. The number of hydrogen-bond acceptors (Lipinski definition) is 5. The zero-order chi connectivity index (χ0) is 14.1. The van der Waals surface area contributed by atoms with Crippen molar-refractivity contribution in [2.75, 3.05) is 5.73 Å². The molecule has 20 heavy (non-hydrogen) atoms. The second-order valence-corrected chi connectivity index (χ2v) is 5.03. The number of phenolic OH excluding ortho intramolecular Hbond substituents is 1. The summed E-state index contributed by atoms with van der Waals surface area (Å²) in [6.45, 7) is 0. The Balaban J connectivity index is 2.02. The number of nitrogens with two attached hydrogens (primary N) is 1. The topological polar surface area (TPSA) is 85.2 Å². The van der Waals surface area contributed by atoms with Gasteiger partial charge in [0.05, 0.1) is 5.69 Å². The zero-order valence-corrected chi connectivity index (χ0v) is 11.8. The highest BCUT2D eigenvalue weighted by Gasteiger charge is 2.13. The van der Waals surface area contributed by atoms with Crippen molar-refractivity contribution in [3.05, 3.63) is 46.9 Å². The quantitative estimate of drug-likeness (QED) is 0.554. The van der Waals surface area contributed by atoms with Gasteiger partial charge in [-0.1, -0.05) is 33.2 Å². The van der Waals surface area contributed by atoms with E-state index in [1.807, 2.05) is 24.3 Å². The number of benzene rings is 2. The van der Waals surface area contributed by atoms with Gasteiger partial charge in [-0.3, -0.25) is 0 Å². The average molecular weight is 332 g/mol. The Hall–Kier alpha value is -2.34. The van der Waals surface area contributed by atoms with E-state index in [0.717, 1.165) is 10.0 Å². The van der Waals surface area contributed by atoms with Gasteiger partial charge in [0.25, 0.3) is 5.89 Å². The van der Waals surface area contributed by atoms with Crippen LogP contribution in [0.15, 0.2) is 51.5 Å². The SMILES string of the molecule is Nc1cc(-c2nc(-c3ccccc3Br)no2)ccc1O. The second-order valence-electron chi connectivity index (χ2n) is 4.18. The van der Waals surface area contributed by atoms with Crippen LogP contribution >= 0.6 is 15.9 Å². The lowest BCUT2D eigenvalue weighted by Crippen LogP contribution is -1.87. The van der Waals surface area contributed by atoms with E-state index in [-0.39, 0.29) is 11.4 Å². The second kappa shape index (κ2) is 4.97. The van der Waals surface area contributed by atoms with E-state index in [0.29, 0.717) is 17.3 Å². The van der Waals surface area contributed by atoms with Crippen LogP contribution in [0.3, 0.4) is 0 Å². The van der Waals surface area contributed by atoms with Gasteiger partial charge in [-0.2, -0.15) is 4.98 Å². The van der Waals surface area contributed by atoms with Crippen molar-refractivity contribution < 1.29 is 9.63 Å². The summed E-state index contributed by atoms with van der Waals surface area (Å²) in [5.74, 6) is 0.862. The molecule has 5 nitrogen and oxygen atoms in total. The Morgan fingerprint density at radius 1 is 1.15 bits per heavy atom. The highest BCUT2D eigenvalue weighted by atomic mass is 79.9. The van der Waals surface area contributed by atoms with Gasteiger partial charge in [-0.15, -0.1) is 0 Å². The maximum atomic E-state index is 9.41. The molecule has 0 bridgehead atoms. The van der Waals surface area contributed by atoms with Gasteiger partial charge in [0.15, 0.2) is 0 Å². The van der Waals surface area contributed by atoms with Crippen molar-refractivity contribution in [2.45, 2.75) is 0 Å². The Labute approximate surface area is 123 Å². The number of aromatic nitrogens is 2. The highest BCUT2D eigenvalue weighted by molar-refractivity contribution is 9.10. The number of rotatable bonds is 2. The number of nitrogens with zero attached hydrogens (tertiary/aromatic N) is 2. The molecule has 0 radical (unpaired) electrons. The van der Waals surface area contributed by atoms with Gasteiger partial charge in [-0.05, 0) is 30.3 Å². The van der Waals surface area contributed by atoms with Gasteiger partial charge in [0.2, 0.25) is 5.82 Å². The number of anilines is 1. The van der Waals surface area contributed by atoms with Crippen molar-refractivity contribution in [1.29, 1.82) is 0 Å². The van der Waals surface area contributed by atoms with E-state index in [1.165, 1.54) is 6.07 Å². The summed E-state index contributed by atoms with van der Waals surface area (Å²) in [7, 11) is 0. The highest BCUT2D eigenvalue weighted by Crippen LogP contribution is 2.30. The van der Waals surface area contributed by atoms with E-state index in [2.05, 4.69) is 26.1 Å². The Bertz CT molecular complexity index is 771. The van der Waals surface area contributed by atoms with Crippen LogP contribution in [0.25, 0.3) is 22.8 Å². The van der Waals surface area contributed by atoms with Crippen LogP contribution in [0.2, 0.25) is 0 Å². The van der Waals surface area contributed by atoms with Gasteiger partial charge in [0, 0.05) is 15.6 Å². The minimum atomic E-state index is 0.0271. The molecular weight excluding hydrogens is 322 g/mol. The standard InChI is InChI=1S/C14H10BrN3O2/c15-10-4-2-1-3-9(10)13-17-14(20-18-13)8-5-6-12(19)11(16)7-8/h1-7,19H,16H2. The van der Waals surface area contributed by atoms with Crippen LogP contribution in [0.4, 0.5) is 5.69 Å². The van der Waals surface area contributed by atoms with Crippen LogP contribution in [0.5, 0.6) is 5.75 Å². The van der Waals surface area contributed by atoms with E-state index >= 15 is 0 Å². The van der Waals surface area contributed by atoms with E-state index in [1.54, 1.807) is 12.1 Å². The molecule has 3 rings (SSSR count). The molecule has 0 saturated heterocycles. The molecule has 0 amide bonds. The number of halogens is 1. The van der Waals surface area contributed by atoms with Gasteiger partial charge in [-0.25, -0.2) is 0 Å². The van der Waals surface area contributed by atoms with Crippen LogP contribution in [-0.2, 0) is 0 Å². The third-order valence-electron chi connectivity index (χ3n) is 2.82. The molecule has 3 aromatic rings. The molecule has 0 aliphatic rings. The molecule has 3 N–H and O–H groups in total. The summed E-state index contributed by atoms with van der Waals surface area (Å²) in [5.41, 5.74) is 7.42. The largest absolute Gasteiger partial charge is 0.506 e. The smallest absolute Gasteiger partial charge is 0.258 e. The summed E-state index contributed by atoms with van der Waals surface area (Å²) < 4.78 is 6.12. The van der Waals surface area contributed by atoms with E-state index < -0.39 is 0 Å². The average Bonchev–Trinajstić information content (AvgIpc) is 2.92. The zero-order valence-electron chi connectivity index (χ0n) is 10.2. The first-order chi connectivity index (χ1) is 9.65. The van der Waals surface area contributed by atoms with Crippen LogP contribution in [0, 0.1) is 0 Å². The van der Waals surface area contributed by atoms with Crippen molar-refractivity contribution in [2.24, 2.45) is 0 Å². The van der Waals surface area contributed by atoms with E-state index in [4.69, 9.17) is 10.3 Å². The molecule has 6 heteroatoms. The summed E-state index contributed by atoms with van der Waals surface area (Å²) >= 11 is 3.44. The summed E-state index contributed by atoms with van der Waals surface area (Å²) in [4.78, 5) is 4.34. The van der Waals surface area contributed by atoms with Gasteiger partial charge >= 0.3 is 0 Å². The normalized spacial score (nSPS) is 10.7. The van der Waals surface area contributed by atoms with Crippen LogP contribution in [-0.4, -0.2) is 15.2 Å². The minimum absolute atomic E-state index is 0.0271. The maximum Gasteiger partial charge on any atom is 0.258 e. The Kier molecular flexibility index (Phi) is 3.15. The third-order valence-corrected chi connectivity index (χ3v) is 3.51. The molecule has 0 spiro atoms. The fraction of sp³-hybridized carbons (Fsp3) is 0. The van der Waals surface area contributed by atoms with Crippen molar-refractivity contribution >= 4 is 21.6 Å². The minimum Gasteiger partial charge on any atom is -0.506 e. The predicted molar refractivity (Wildman–Crippen MR) is 78.9 cm³/mol. The monoisotopic (exact) mass is 331 g/mol. The molecule has 0 saturated carbocycles. The third kappa shape index (κ3) is 2.25. The number of nitrogen functional groups attached to an aromatic ring is 1. The van der Waals surface area contributed by atoms with Crippen molar-refractivity contribution in [3.63, 3.8) is 0 Å². The Morgan fingerprint density at radius 2 is 1.95 bits per heavy atom. The molecule has 0 aliphatic heterocycles. The first-order valence-corrected chi connectivity index (χ1v) is 6.62. The maximum absolute atomic E-state index is 9.41. The Morgan fingerprint density at radius 3 is 2.70 bits per heavy atom. The molecule has 0 fully saturated rings. The van der Waals surface area contributed by atoms with Crippen LogP contribution in [0.1, 0.15) is 0 Å². The van der Waals surface area contributed by atoms with Gasteiger partial charge in [0.1, 0.15) is 5.75 Å². The molecule has 1 heterocycles. The fourth-order valence-electron chi connectivity index (χ4n) is 1.78. The number of aromatic hydroxyl groups is 1. The van der Waals surface area contributed by atoms with Crippen LogP contribution < -0.4 is 5.73 Å². The molecule has 1 aromatic heterocycles. The molecule has 0 unspecified atom stereocenters. The number of phenols is 1. The molecule has 2 aromatic carbocycles. The van der Waals surface area contributed by atoms with Crippen molar-refractivity contribution in [1.82, 2.24) is 10.1 Å². The molecule has 0 aliphatic carbocycles. The lowest BCUT2D eigenvalue weighted by atomic mass is 10.2. The molecular formula is C14H10BrN3O2. The van der Waals surface area contributed by atoms with Gasteiger partial charge < -0.3 is 15.4 Å². The lowest BCUT2D eigenvalue weighted by Gasteiger charge is -1.99. The van der Waals surface area contributed by atoms with Crippen molar-refractivity contribution in [3.8, 4) is 28.6 Å². The molecule has 0 atom stereocenters. The first-order valence-electron chi connectivity index (χ1n) is 5.82. The first kappa shape index (κ1) is 12.7. The summed E-state index contributed by atoms with van der Waals surface area (Å²) in [5, 5.41) is 13.4. The summed E-state index contributed by atoms with van der Waals surface area (Å²) in [6.07, 6.45) is 0. The van der Waals surface area contributed by atoms with E-state index in [9.17, 15) is 5.11 Å². The predicted octanol–water partition coefficient (Wildman–Crippen LogP) is 3.45.